The van der Waals surface area contributed by atoms with Crippen molar-refractivity contribution in [2.75, 3.05) is 37.5 Å². The molecule has 0 saturated heterocycles. The summed E-state index contributed by atoms with van der Waals surface area (Å²) >= 11 is 0. The molecule has 0 spiro atoms. The predicted octanol–water partition coefficient (Wildman–Crippen LogP) is 5.32. The van der Waals surface area contributed by atoms with Crippen LogP contribution in [-0.2, 0) is 6.54 Å². The number of rotatable bonds is 11. The van der Waals surface area contributed by atoms with Gasteiger partial charge in [-0.15, -0.1) is 0 Å². The van der Waals surface area contributed by atoms with E-state index in [4.69, 9.17) is 4.74 Å². The fourth-order valence-corrected chi connectivity index (χ4v) is 3.64. The van der Waals surface area contributed by atoms with Gasteiger partial charge in [0.05, 0.1) is 24.3 Å². The Hall–Kier alpha value is -3.48. The molecule has 0 atom stereocenters. The minimum atomic E-state index is -0.218. The number of imidazole rings is 1. The Morgan fingerprint density at radius 1 is 1.09 bits per heavy atom. The van der Waals surface area contributed by atoms with E-state index in [1.54, 1.807) is 0 Å². The number of para-hydroxylation sites is 1. The molecule has 0 aliphatic carbocycles. The molecule has 0 aliphatic rings. The van der Waals surface area contributed by atoms with Gasteiger partial charge < -0.3 is 24.8 Å². The molecule has 1 heterocycles. The number of carbonyl (C=O) groups excluding carboxylic acids is 1. The van der Waals surface area contributed by atoms with Gasteiger partial charge in [0.15, 0.2) is 0 Å². The smallest absolute Gasteiger partial charge is 0.319 e. The molecule has 2 aromatic carbocycles. The summed E-state index contributed by atoms with van der Waals surface area (Å²) in [4.78, 5) is 18.9. The summed E-state index contributed by atoms with van der Waals surface area (Å²) in [5.74, 6) is 0.666. The van der Waals surface area contributed by atoms with Gasteiger partial charge in [-0.1, -0.05) is 49.7 Å². The van der Waals surface area contributed by atoms with Crippen LogP contribution < -0.4 is 20.3 Å². The van der Waals surface area contributed by atoms with E-state index in [1.165, 1.54) is 0 Å². The number of urea groups is 1. The molecule has 0 unspecified atom stereocenters. The predicted molar refractivity (Wildman–Crippen MR) is 135 cm³/mol. The van der Waals surface area contributed by atoms with Crippen LogP contribution in [0.4, 0.5) is 16.2 Å². The molecule has 7 nitrogen and oxygen atoms in total. The molecule has 2 amide bonds. The third kappa shape index (κ3) is 6.51. The largest absolute Gasteiger partial charge is 0.491 e. The molecule has 0 saturated carbocycles. The van der Waals surface area contributed by atoms with E-state index in [1.807, 2.05) is 61.7 Å². The fraction of sp³-hybridized carbons (Fsp3) is 0.385. The Morgan fingerprint density at radius 2 is 1.88 bits per heavy atom. The van der Waals surface area contributed by atoms with Crippen molar-refractivity contribution in [1.82, 2.24) is 14.9 Å². The zero-order valence-corrected chi connectivity index (χ0v) is 20.1. The van der Waals surface area contributed by atoms with Crippen LogP contribution in [-0.4, -0.2) is 42.8 Å². The lowest BCUT2D eigenvalue weighted by molar-refractivity contribution is 0.251. The Balaban J connectivity index is 1.61. The van der Waals surface area contributed by atoms with Gasteiger partial charge in [0.1, 0.15) is 11.4 Å². The number of carbonyl (C=O) groups is 1. The van der Waals surface area contributed by atoms with E-state index in [0.29, 0.717) is 24.6 Å². The molecule has 3 aromatic rings. The highest BCUT2D eigenvalue weighted by molar-refractivity contribution is 5.95. The average molecular weight is 450 g/mol. The molecule has 3 rings (SSSR count). The monoisotopic (exact) mass is 449 g/mol. The van der Waals surface area contributed by atoms with Gasteiger partial charge >= 0.3 is 6.03 Å². The van der Waals surface area contributed by atoms with Crippen LogP contribution in [0.3, 0.4) is 0 Å². The second-order valence-electron chi connectivity index (χ2n) is 8.22. The van der Waals surface area contributed by atoms with Gasteiger partial charge in [-0.2, -0.15) is 0 Å². The van der Waals surface area contributed by atoms with Crippen LogP contribution in [0, 0.1) is 6.92 Å². The zero-order valence-electron chi connectivity index (χ0n) is 20.1. The van der Waals surface area contributed by atoms with Crippen molar-refractivity contribution in [2.45, 2.75) is 39.7 Å². The third-order valence-corrected chi connectivity index (χ3v) is 5.49. The maximum atomic E-state index is 12.4. The van der Waals surface area contributed by atoms with E-state index in [0.717, 1.165) is 48.4 Å². The molecule has 176 valence electrons. The number of amides is 2. The lowest BCUT2D eigenvalue weighted by Crippen LogP contribution is -2.30. The van der Waals surface area contributed by atoms with Gasteiger partial charge in [-0.3, -0.25) is 0 Å². The van der Waals surface area contributed by atoms with Gasteiger partial charge in [-0.25, -0.2) is 9.78 Å². The van der Waals surface area contributed by atoms with E-state index in [2.05, 4.69) is 46.2 Å². The Morgan fingerprint density at radius 3 is 2.61 bits per heavy atom. The van der Waals surface area contributed by atoms with Crippen LogP contribution in [0.2, 0.25) is 0 Å². The van der Waals surface area contributed by atoms with Crippen molar-refractivity contribution in [3.05, 3.63) is 60.6 Å². The molecule has 0 bridgehead atoms. The summed E-state index contributed by atoms with van der Waals surface area (Å²) in [5, 5.41) is 5.88. The number of hydrogen-bond acceptors (Lipinski definition) is 4. The zero-order chi connectivity index (χ0) is 23.6. The van der Waals surface area contributed by atoms with Crippen LogP contribution in [0.1, 0.15) is 31.9 Å². The van der Waals surface area contributed by atoms with Crippen molar-refractivity contribution in [1.29, 1.82) is 0 Å². The Kier molecular flexibility index (Phi) is 8.75. The highest BCUT2D eigenvalue weighted by Crippen LogP contribution is 2.34. The lowest BCUT2D eigenvalue weighted by Gasteiger charge is -2.21. The topological polar surface area (TPSA) is 71.4 Å². The number of unbranched alkanes of at least 4 members (excludes halogenated alkanes) is 1. The minimum Gasteiger partial charge on any atom is -0.491 e. The summed E-state index contributed by atoms with van der Waals surface area (Å²) in [6.07, 6.45) is 4.69. The van der Waals surface area contributed by atoms with Crippen LogP contribution in [0.5, 0.6) is 5.75 Å². The molecule has 0 fully saturated rings. The quantitative estimate of drug-likeness (QED) is 0.389. The molecule has 0 aliphatic heterocycles. The molecule has 2 N–H and O–H groups in total. The van der Waals surface area contributed by atoms with Gasteiger partial charge in [-0.05, 0) is 31.9 Å². The summed E-state index contributed by atoms with van der Waals surface area (Å²) < 4.78 is 8.26. The first-order valence-electron chi connectivity index (χ1n) is 11.6. The first kappa shape index (κ1) is 24.2. The Bertz CT molecular complexity index is 1030. The third-order valence-electron chi connectivity index (χ3n) is 5.49. The van der Waals surface area contributed by atoms with Gasteiger partial charge in [0, 0.05) is 38.4 Å². The number of hydrogen-bond donors (Lipinski definition) is 2. The van der Waals surface area contributed by atoms with Crippen molar-refractivity contribution in [2.24, 2.45) is 0 Å². The number of nitrogens with zero attached hydrogens (tertiary/aromatic N) is 3. The average Bonchev–Trinajstić information content (AvgIpc) is 3.18. The number of aryl methyl sites for hydroxylation is 1. The van der Waals surface area contributed by atoms with Crippen molar-refractivity contribution < 1.29 is 9.53 Å². The highest BCUT2D eigenvalue weighted by Gasteiger charge is 2.14. The summed E-state index contributed by atoms with van der Waals surface area (Å²) in [7, 11) is 3.90. The second kappa shape index (κ2) is 11.9. The molecule has 33 heavy (non-hydrogen) atoms. The normalized spacial score (nSPS) is 10.7. The molecule has 1 aromatic heterocycles. The minimum absolute atomic E-state index is 0.218. The van der Waals surface area contributed by atoms with Crippen LogP contribution in [0.15, 0.2) is 54.9 Å². The maximum absolute atomic E-state index is 12.4. The number of ether oxygens (including phenoxy) is 1. The standard InChI is InChI=1S/C26H35N5O2/c1-5-6-16-27-26(32)29-25-22(30(3)4)14-10-15-23(25)33-18-11-17-31-19-28-24(20(31)2)21-12-8-7-9-13-21/h7-10,12-15,19H,5-6,11,16-18H2,1-4H3,(H2,27,29,32). The Labute approximate surface area is 196 Å². The molecule has 7 heteroatoms. The number of anilines is 2. The first-order valence-corrected chi connectivity index (χ1v) is 11.6. The van der Waals surface area contributed by atoms with E-state index in [-0.39, 0.29) is 6.03 Å². The second-order valence-corrected chi connectivity index (χ2v) is 8.22. The fourth-order valence-electron chi connectivity index (χ4n) is 3.64. The van der Waals surface area contributed by atoms with Crippen molar-refractivity contribution in [3.63, 3.8) is 0 Å². The molecule has 0 radical (unpaired) electrons. The SMILES string of the molecule is CCCCNC(=O)Nc1c(OCCCn2cnc(-c3ccccc3)c2C)cccc1N(C)C. The van der Waals surface area contributed by atoms with Crippen LogP contribution >= 0.6 is 0 Å². The van der Waals surface area contributed by atoms with E-state index < -0.39 is 0 Å². The number of benzene rings is 2. The summed E-state index contributed by atoms with van der Waals surface area (Å²) in [5.41, 5.74) is 4.86. The number of nitrogens with one attached hydrogen (secondary N) is 2. The summed E-state index contributed by atoms with van der Waals surface area (Å²) in [6, 6.07) is 15.8. The lowest BCUT2D eigenvalue weighted by atomic mass is 10.1. The first-order chi connectivity index (χ1) is 16.0. The summed E-state index contributed by atoms with van der Waals surface area (Å²) in [6.45, 7) is 6.18. The molecular weight excluding hydrogens is 414 g/mol. The maximum Gasteiger partial charge on any atom is 0.319 e. The highest BCUT2D eigenvalue weighted by atomic mass is 16.5. The van der Waals surface area contributed by atoms with Crippen LogP contribution in [0.25, 0.3) is 11.3 Å². The van der Waals surface area contributed by atoms with Crippen molar-refractivity contribution in [3.8, 4) is 17.0 Å². The van der Waals surface area contributed by atoms with Gasteiger partial charge in [0.2, 0.25) is 0 Å². The van der Waals surface area contributed by atoms with Crippen molar-refractivity contribution >= 4 is 17.4 Å². The molecular formula is C26H35N5O2. The number of aromatic nitrogens is 2. The van der Waals surface area contributed by atoms with E-state index >= 15 is 0 Å². The van der Waals surface area contributed by atoms with E-state index in [9.17, 15) is 4.79 Å². The van der Waals surface area contributed by atoms with Gasteiger partial charge in [0.25, 0.3) is 0 Å².